The lowest BCUT2D eigenvalue weighted by Gasteiger charge is -2.16. The molecule has 1 aliphatic heterocycles. The predicted octanol–water partition coefficient (Wildman–Crippen LogP) is 3.55. The van der Waals surface area contributed by atoms with Crippen molar-refractivity contribution in [2.75, 3.05) is 26.6 Å². The fourth-order valence-corrected chi connectivity index (χ4v) is 3.15. The third-order valence-corrected chi connectivity index (χ3v) is 4.81. The molecule has 0 aliphatic carbocycles. The summed E-state index contributed by atoms with van der Waals surface area (Å²) in [7, 11) is -1.58. The topological polar surface area (TPSA) is 66.0 Å². The minimum atomic E-state index is -1.58. The Morgan fingerprint density at radius 1 is 1.18 bits per heavy atom. The first-order chi connectivity index (χ1) is 13.3. The molecule has 0 saturated carbocycles. The van der Waals surface area contributed by atoms with Crippen molar-refractivity contribution in [1.29, 1.82) is 0 Å². The lowest BCUT2D eigenvalue weighted by Crippen LogP contribution is -2.27. The fraction of sp³-hybridized carbons (Fsp3) is 0.571. The number of hydrogen-bond acceptors (Lipinski definition) is 5. The van der Waals surface area contributed by atoms with E-state index in [0.29, 0.717) is 42.4 Å². The maximum Gasteiger partial charge on any atom is 0.252 e. The number of ether oxygens (including phenoxy) is 4. The van der Waals surface area contributed by atoms with Crippen LogP contribution in [0.4, 0.5) is 0 Å². The summed E-state index contributed by atoms with van der Waals surface area (Å²) in [6, 6.07) is 3.51. The molecule has 1 amide bonds. The number of carbonyl (C=O) groups excluding carboxylic acids is 1. The zero-order valence-electron chi connectivity index (χ0n) is 17.5. The van der Waals surface area contributed by atoms with Gasteiger partial charge in [-0.15, -0.1) is 5.54 Å². The van der Waals surface area contributed by atoms with Gasteiger partial charge in [0.05, 0.1) is 5.56 Å². The largest absolute Gasteiger partial charge is 0.454 e. The number of fused-ring (bicyclic) bond motifs is 1. The quantitative estimate of drug-likeness (QED) is 0.295. The average Bonchev–Trinajstić information content (AvgIpc) is 3.09. The normalized spacial score (nSPS) is 12.6. The molecule has 0 atom stereocenters. The maximum absolute atomic E-state index is 12.8. The molecule has 1 heterocycles. The van der Waals surface area contributed by atoms with Crippen molar-refractivity contribution in [2.24, 2.45) is 0 Å². The highest BCUT2D eigenvalue weighted by molar-refractivity contribution is 6.83. The van der Waals surface area contributed by atoms with Crippen molar-refractivity contribution in [3.05, 3.63) is 23.3 Å². The Morgan fingerprint density at radius 3 is 2.43 bits per heavy atom. The summed E-state index contributed by atoms with van der Waals surface area (Å²) in [5, 5.41) is 2.96. The summed E-state index contributed by atoms with van der Waals surface area (Å²) >= 11 is 0. The Morgan fingerprint density at radius 2 is 1.82 bits per heavy atom. The summed E-state index contributed by atoms with van der Waals surface area (Å²) in [6.07, 6.45) is 1.26. The minimum absolute atomic E-state index is 0.164. The molecule has 2 rings (SSSR count). The maximum atomic E-state index is 12.8. The van der Waals surface area contributed by atoms with Gasteiger partial charge >= 0.3 is 0 Å². The Balaban J connectivity index is 2.04. The van der Waals surface area contributed by atoms with Crippen LogP contribution in [0.15, 0.2) is 12.1 Å². The monoisotopic (exact) mass is 405 g/mol. The standard InChI is InChI=1S/C21H31NO5Si/c1-6-24-20(25-7-2)9-8-11-22-21(23)17-14-19-18(26-15-27-19)13-16(17)10-12-28(3,4)5/h13-14,20H,6-9,11,15H2,1-5H3,(H,22,23). The van der Waals surface area contributed by atoms with Crippen molar-refractivity contribution in [3.8, 4) is 23.0 Å². The molecule has 1 N–H and O–H groups in total. The summed E-state index contributed by atoms with van der Waals surface area (Å²) in [4.78, 5) is 12.8. The zero-order valence-corrected chi connectivity index (χ0v) is 18.5. The van der Waals surface area contributed by atoms with Crippen molar-refractivity contribution >= 4 is 14.0 Å². The molecule has 7 heteroatoms. The summed E-state index contributed by atoms with van der Waals surface area (Å²) < 4.78 is 21.9. The highest BCUT2D eigenvalue weighted by Gasteiger charge is 2.20. The van der Waals surface area contributed by atoms with E-state index < -0.39 is 8.07 Å². The molecule has 0 spiro atoms. The van der Waals surface area contributed by atoms with Crippen LogP contribution in [0.3, 0.4) is 0 Å². The minimum Gasteiger partial charge on any atom is -0.454 e. The van der Waals surface area contributed by atoms with Gasteiger partial charge in [-0.25, -0.2) is 0 Å². The van der Waals surface area contributed by atoms with Gasteiger partial charge in [-0.3, -0.25) is 4.79 Å². The average molecular weight is 406 g/mol. The van der Waals surface area contributed by atoms with Crippen molar-refractivity contribution < 1.29 is 23.7 Å². The number of benzene rings is 1. The smallest absolute Gasteiger partial charge is 0.252 e. The van der Waals surface area contributed by atoms with Crippen LogP contribution < -0.4 is 14.8 Å². The lowest BCUT2D eigenvalue weighted by atomic mass is 10.1. The molecule has 0 saturated heterocycles. The molecule has 0 fully saturated rings. The number of rotatable bonds is 9. The molecule has 1 aromatic carbocycles. The molecule has 0 bridgehead atoms. The number of carbonyl (C=O) groups is 1. The highest BCUT2D eigenvalue weighted by atomic mass is 28.3. The zero-order chi connectivity index (χ0) is 20.6. The van der Waals surface area contributed by atoms with Gasteiger partial charge in [0, 0.05) is 37.8 Å². The van der Waals surface area contributed by atoms with Gasteiger partial charge in [-0.05, 0) is 26.3 Å². The van der Waals surface area contributed by atoms with E-state index >= 15 is 0 Å². The molecule has 1 aromatic rings. The van der Waals surface area contributed by atoms with Crippen LogP contribution in [0, 0.1) is 11.5 Å². The van der Waals surface area contributed by atoms with E-state index in [1.54, 1.807) is 12.1 Å². The van der Waals surface area contributed by atoms with Gasteiger partial charge in [-0.1, -0.05) is 25.6 Å². The van der Waals surface area contributed by atoms with Crippen LogP contribution in [-0.4, -0.2) is 46.8 Å². The van der Waals surface area contributed by atoms with E-state index in [9.17, 15) is 4.79 Å². The summed E-state index contributed by atoms with van der Waals surface area (Å²) in [6.45, 7) is 12.3. The predicted molar refractivity (Wildman–Crippen MR) is 111 cm³/mol. The van der Waals surface area contributed by atoms with Crippen LogP contribution in [0.25, 0.3) is 0 Å². The molecule has 0 unspecified atom stereocenters. The second-order valence-electron chi connectivity index (χ2n) is 7.49. The molecule has 6 nitrogen and oxygen atoms in total. The second kappa shape index (κ2) is 10.5. The fourth-order valence-electron chi connectivity index (χ4n) is 2.64. The van der Waals surface area contributed by atoms with E-state index in [-0.39, 0.29) is 19.0 Å². The SMILES string of the molecule is CCOC(CCCNC(=O)c1cc2c(cc1C#C[Si](C)(C)C)OCO2)OCC. The Hall–Kier alpha value is -2.01. The number of amides is 1. The highest BCUT2D eigenvalue weighted by Crippen LogP contribution is 2.34. The van der Waals surface area contributed by atoms with Crippen LogP contribution in [0.1, 0.15) is 42.6 Å². The van der Waals surface area contributed by atoms with Gasteiger partial charge in [0.15, 0.2) is 17.8 Å². The van der Waals surface area contributed by atoms with Gasteiger partial charge in [0.25, 0.3) is 5.91 Å². The Bertz CT molecular complexity index is 727. The van der Waals surface area contributed by atoms with E-state index in [4.69, 9.17) is 18.9 Å². The van der Waals surface area contributed by atoms with E-state index in [1.807, 2.05) is 13.8 Å². The number of hydrogen-bond donors (Lipinski definition) is 1. The molecule has 0 aromatic heterocycles. The molecule has 154 valence electrons. The van der Waals surface area contributed by atoms with Gasteiger partial charge < -0.3 is 24.3 Å². The molecular formula is C21H31NO5Si. The van der Waals surface area contributed by atoms with Crippen molar-refractivity contribution in [1.82, 2.24) is 5.32 Å². The van der Waals surface area contributed by atoms with Crippen LogP contribution in [0.5, 0.6) is 11.5 Å². The van der Waals surface area contributed by atoms with Gasteiger partial charge in [-0.2, -0.15) is 0 Å². The molecule has 1 aliphatic rings. The lowest BCUT2D eigenvalue weighted by molar-refractivity contribution is -0.139. The second-order valence-corrected chi connectivity index (χ2v) is 12.2. The van der Waals surface area contributed by atoms with Gasteiger partial charge in [0.2, 0.25) is 6.79 Å². The van der Waals surface area contributed by atoms with Crippen molar-refractivity contribution in [3.63, 3.8) is 0 Å². The summed E-state index contributed by atoms with van der Waals surface area (Å²) in [5.74, 6) is 4.23. The Labute approximate surface area is 168 Å². The third kappa shape index (κ3) is 6.86. The van der Waals surface area contributed by atoms with E-state index in [1.165, 1.54) is 0 Å². The molecule has 0 radical (unpaired) electrons. The molecular weight excluding hydrogens is 374 g/mol. The van der Waals surface area contributed by atoms with Crippen LogP contribution >= 0.6 is 0 Å². The van der Waals surface area contributed by atoms with Crippen molar-refractivity contribution in [2.45, 2.75) is 52.6 Å². The van der Waals surface area contributed by atoms with Crippen LogP contribution in [-0.2, 0) is 9.47 Å². The number of nitrogens with one attached hydrogen (secondary N) is 1. The Kier molecular flexibility index (Phi) is 8.36. The van der Waals surface area contributed by atoms with E-state index in [2.05, 4.69) is 36.4 Å². The third-order valence-electron chi connectivity index (χ3n) is 3.94. The van der Waals surface area contributed by atoms with E-state index in [0.717, 1.165) is 12.8 Å². The first-order valence-corrected chi connectivity index (χ1v) is 13.3. The van der Waals surface area contributed by atoms with Crippen LogP contribution in [0.2, 0.25) is 19.6 Å². The van der Waals surface area contributed by atoms with Gasteiger partial charge in [0.1, 0.15) is 8.07 Å². The summed E-state index contributed by atoms with van der Waals surface area (Å²) in [5.41, 5.74) is 4.50. The first-order valence-electron chi connectivity index (χ1n) is 9.82. The molecule has 28 heavy (non-hydrogen) atoms. The first kappa shape index (κ1) is 22.3.